The topological polar surface area (TPSA) is 89.7 Å². The molecule has 0 atom stereocenters. The molecule has 0 fully saturated rings. The van der Waals surface area contributed by atoms with E-state index >= 15 is 0 Å². The fraction of sp³-hybridized carbons (Fsp3) is 0.360. The van der Waals surface area contributed by atoms with Gasteiger partial charge in [-0.3, -0.25) is 4.79 Å². The highest BCUT2D eigenvalue weighted by Crippen LogP contribution is 2.27. The Morgan fingerprint density at radius 2 is 1.94 bits per heavy atom. The maximum Gasteiger partial charge on any atom is 0.278 e. The molecule has 3 aromatic heterocycles. The Bertz CT molecular complexity index is 1410. The first-order valence-electron chi connectivity index (χ1n) is 11.3. The van der Waals surface area contributed by atoms with E-state index in [1.54, 1.807) is 10.9 Å². The number of benzene rings is 1. The highest BCUT2D eigenvalue weighted by Gasteiger charge is 2.22. The van der Waals surface area contributed by atoms with Crippen LogP contribution in [0.3, 0.4) is 0 Å². The number of hydrogen-bond donors (Lipinski definition) is 2. The molecular formula is C25H29N7O. The summed E-state index contributed by atoms with van der Waals surface area (Å²) in [5.74, 6) is 1.10. The van der Waals surface area contributed by atoms with Crippen molar-refractivity contribution in [2.75, 3.05) is 17.2 Å². The van der Waals surface area contributed by atoms with Crippen LogP contribution in [0.4, 0.5) is 17.3 Å². The van der Waals surface area contributed by atoms with E-state index in [1.165, 1.54) is 11.3 Å². The van der Waals surface area contributed by atoms with Crippen molar-refractivity contribution in [3.05, 3.63) is 64.2 Å². The van der Waals surface area contributed by atoms with Gasteiger partial charge in [0.25, 0.3) is 5.56 Å². The summed E-state index contributed by atoms with van der Waals surface area (Å²) in [7, 11) is 0. The zero-order valence-corrected chi connectivity index (χ0v) is 19.7. The van der Waals surface area contributed by atoms with Crippen molar-refractivity contribution < 1.29 is 0 Å². The average molecular weight is 444 g/mol. The third kappa shape index (κ3) is 3.75. The standard InChI is InChI=1S/C25H29N7O/c1-15(2)31-23(33)18-14-27-24(28-17-9-10-19-16(13-17)11-12-26-19)30-22(18)32(31)21-8-6-7-20(29-21)25(3,4)5/h6-10,13-15,26H,11-12H2,1-5H3,(H,27,28,30). The molecule has 1 aromatic carbocycles. The molecule has 4 aromatic rings. The molecule has 0 bridgehead atoms. The predicted octanol–water partition coefficient (Wildman–Crippen LogP) is 4.57. The highest BCUT2D eigenvalue weighted by molar-refractivity contribution is 5.77. The summed E-state index contributed by atoms with van der Waals surface area (Å²) in [5, 5.41) is 7.14. The Hall–Kier alpha value is -3.68. The summed E-state index contributed by atoms with van der Waals surface area (Å²) in [5.41, 5.74) is 4.60. The van der Waals surface area contributed by atoms with Crippen molar-refractivity contribution in [2.24, 2.45) is 0 Å². The minimum Gasteiger partial charge on any atom is -0.384 e. The van der Waals surface area contributed by atoms with Crippen LogP contribution in [-0.2, 0) is 11.8 Å². The zero-order chi connectivity index (χ0) is 23.3. The van der Waals surface area contributed by atoms with Crippen LogP contribution in [0, 0.1) is 0 Å². The van der Waals surface area contributed by atoms with E-state index in [4.69, 9.17) is 9.97 Å². The zero-order valence-electron chi connectivity index (χ0n) is 19.7. The van der Waals surface area contributed by atoms with E-state index in [2.05, 4.69) is 48.5 Å². The number of hydrogen-bond acceptors (Lipinski definition) is 6. The number of nitrogens with one attached hydrogen (secondary N) is 2. The molecule has 8 heteroatoms. The predicted molar refractivity (Wildman–Crippen MR) is 132 cm³/mol. The first-order valence-corrected chi connectivity index (χ1v) is 11.3. The van der Waals surface area contributed by atoms with Crippen molar-refractivity contribution in [3.63, 3.8) is 0 Å². The molecule has 1 aliphatic heterocycles. The lowest BCUT2D eigenvalue weighted by atomic mass is 9.92. The van der Waals surface area contributed by atoms with Crippen LogP contribution in [0.2, 0.25) is 0 Å². The molecule has 4 heterocycles. The Labute approximate surface area is 192 Å². The SMILES string of the molecule is CC(C)n1c(=O)c2cnc(Nc3ccc4c(c3)CCN4)nc2n1-c1cccc(C(C)(C)C)n1. The molecule has 0 saturated carbocycles. The van der Waals surface area contributed by atoms with E-state index in [0.717, 1.165) is 24.3 Å². The smallest absolute Gasteiger partial charge is 0.278 e. The minimum absolute atomic E-state index is 0.0765. The monoisotopic (exact) mass is 443 g/mol. The van der Waals surface area contributed by atoms with Crippen LogP contribution in [0.25, 0.3) is 16.9 Å². The lowest BCUT2D eigenvalue weighted by Gasteiger charge is -2.20. The van der Waals surface area contributed by atoms with Gasteiger partial charge in [-0.1, -0.05) is 26.8 Å². The Morgan fingerprint density at radius 1 is 1.12 bits per heavy atom. The molecule has 0 amide bonds. The summed E-state index contributed by atoms with van der Waals surface area (Å²) < 4.78 is 3.51. The first-order chi connectivity index (χ1) is 15.7. The second-order valence-electron chi connectivity index (χ2n) is 9.79. The summed E-state index contributed by atoms with van der Waals surface area (Å²) in [4.78, 5) is 27.3. The molecular weight excluding hydrogens is 414 g/mol. The van der Waals surface area contributed by atoms with Crippen LogP contribution in [-0.4, -0.2) is 30.9 Å². The molecule has 0 aliphatic carbocycles. The van der Waals surface area contributed by atoms with Crippen molar-refractivity contribution in [1.82, 2.24) is 24.3 Å². The van der Waals surface area contributed by atoms with Crippen LogP contribution >= 0.6 is 0 Å². The van der Waals surface area contributed by atoms with Gasteiger partial charge in [0.1, 0.15) is 5.39 Å². The maximum absolute atomic E-state index is 13.3. The third-order valence-electron chi connectivity index (χ3n) is 5.90. The van der Waals surface area contributed by atoms with Gasteiger partial charge in [0.05, 0.1) is 0 Å². The Balaban J connectivity index is 1.65. The molecule has 1 aliphatic rings. The second kappa shape index (κ2) is 7.72. The van der Waals surface area contributed by atoms with Gasteiger partial charge < -0.3 is 10.6 Å². The number of anilines is 3. The van der Waals surface area contributed by atoms with Crippen molar-refractivity contribution >= 4 is 28.4 Å². The normalized spacial score (nSPS) is 13.4. The van der Waals surface area contributed by atoms with E-state index < -0.39 is 0 Å². The average Bonchev–Trinajstić information content (AvgIpc) is 3.35. The third-order valence-corrected chi connectivity index (χ3v) is 5.90. The minimum atomic E-state index is -0.127. The van der Waals surface area contributed by atoms with E-state index in [0.29, 0.717) is 22.8 Å². The van der Waals surface area contributed by atoms with Gasteiger partial charge in [0.15, 0.2) is 11.5 Å². The maximum atomic E-state index is 13.3. The van der Waals surface area contributed by atoms with Gasteiger partial charge in [0, 0.05) is 41.3 Å². The molecule has 2 N–H and O–H groups in total. The quantitative estimate of drug-likeness (QED) is 0.480. The first kappa shape index (κ1) is 21.2. The Morgan fingerprint density at radius 3 is 2.70 bits per heavy atom. The van der Waals surface area contributed by atoms with Crippen molar-refractivity contribution in [2.45, 2.75) is 52.5 Å². The molecule has 0 saturated heterocycles. The molecule has 0 spiro atoms. The second-order valence-corrected chi connectivity index (χ2v) is 9.79. The van der Waals surface area contributed by atoms with Crippen molar-refractivity contribution in [1.29, 1.82) is 0 Å². The van der Waals surface area contributed by atoms with Gasteiger partial charge in [-0.05, 0) is 56.2 Å². The van der Waals surface area contributed by atoms with Gasteiger partial charge in [-0.2, -0.15) is 4.98 Å². The molecule has 0 radical (unpaired) electrons. The fourth-order valence-corrected chi connectivity index (χ4v) is 4.22. The molecule has 33 heavy (non-hydrogen) atoms. The van der Waals surface area contributed by atoms with Crippen LogP contribution in [0.1, 0.15) is 51.9 Å². The highest BCUT2D eigenvalue weighted by atomic mass is 16.1. The van der Waals surface area contributed by atoms with Crippen LogP contribution in [0.5, 0.6) is 0 Å². The number of nitrogens with zero attached hydrogens (tertiary/aromatic N) is 5. The largest absolute Gasteiger partial charge is 0.384 e. The van der Waals surface area contributed by atoms with Gasteiger partial charge in [-0.25, -0.2) is 19.3 Å². The van der Waals surface area contributed by atoms with Gasteiger partial charge in [0.2, 0.25) is 5.95 Å². The van der Waals surface area contributed by atoms with Gasteiger partial charge >= 0.3 is 0 Å². The van der Waals surface area contributed by atoms with Crippen LogP contribution < -0.4 is 16.2 Å². The summed E-state index contributed by atoms with van der Waals surface area (Å²) in [6.45, 7) is 11.3. The van der Waals surface area contributed by atoms with Gasteiger partial charge in [-0.15, -0.1) is 0 Å². The molecule has 5 rings (SSSR count). The number of aromatic nitrogens is 5. The van der Waals surface area contributed by atoms with E-state index in [-0.39, 0.29) is 17.0 Å². The lowest BCUT2D eigenvalue weighted by molar-refractivity contribution is 0.469. The Kier molecular flexibility index (Phi) is 4.96. The molecule has 8 nitrogen and oxygen atoms in total. The number of rotatable bonds is 4. The van der Waals surface area contributed by atoms with Crippen LogP contribution in [0.15, 0.2) is 47.4 Å². The fourth-order valence-electron chi connectivity index (χ4n) is 4.22. The summed E-state index contributed by atoms with van der Waals surface area (Å²) in [6, 6.07) is 12.0. The lowest BCUT2D eigenvalue weighted by Crippen LogP contribution is -2.25. The molecule has 170 valence electrons. The van der Waals surface area contributed by atoms with E-state index in [1.807, 2.05) is 42.8 Å². The van der Waals surface area contributed by atoms with E-state index in [9.17, 15) is 4.79 Å². The molecule has 0 unspecified atom stereocenters. The number of fused-ring (bicyclic) bond motifs is 2. The summed E-state index contributed by atoms with van der Waals surface area (Å²) >= 11 is 0. The number of pyridine rings is 1. The summed E-state index contributed by atoms with van der Waals surface area (Å²) in [6.07, 6.45) is 2.60. The van der Waals surface area contributed by atoms with Crippen molar-refractivity contribution in [3.8, 4) is 5.82 Å².